The second-order valence-corrected chi connectivity index (χ2v) is 6.88. The van der Waals surface area contributed by atoms with E-state index in [4.69, 9.17) is 9.47 Å². The zero-order valence-electron chi connectivity index (χ0n) is 15.3. The van der Waals surface area contributed by atoms with Crippen LogP contribution in [0.3, 0.4) is 0 Å². The summed E-state index contributed by atoms with van der Waals surface area (Å²) in [6.07, 6.45) is 2.46. The number of morpholine rings is 1. The Bertz CT molecular complexity index is 558. The van der Waals surface area contributed by atoms with Crippen molar-refractivity contribution in [2.24, 2.45) is 5.92 Å². The van der Waals surface area contributed by atoms with Gasteiger partial charge >= 0.3 is 0 Å². The van der Waals surface area contributed by atoms with Gasteiger partial charge in [0.25, 0.3) is 0 Å². The maximum atomic E-state index is 12.6. The van der Waals surface area contributed by atoms with Crippen molar-refractivity contribution >= 4 is 11.6 Å². The van der Waals surface area contributed by atoms with E-state index in [1.807, 2.05) is 11.8 Å². The zero-order chi connectivity index (χ0) is 17.5. The molecule has 1 atom stereocenters. The first-order valence-electron chi connectivity index (χ1n) is 9.54. The number of ether oxygens (including phenoxy) is 2. The van der Waals surface area contributed by atoms with E-state index < -0.39 is 0 Å². The molecule has 0 aliphatic carbocycles. The number of likely N-dealkylation sites (tertiary alicyclic amines) is 1. The molecule has 0 radical (unpaired) electrons. The molecule has 1 amide bonds. The lowest BCUT2D eigenvalue weighted by Crippen LogP contribution is -2.36. The topological polar surface area (TPSA) is 42.0 Å². The van der Waals surface area contributed by atoms with Gasteiger partial charge in [-0.15, -0.1) is 0 Å². The number of carbonyl (C=O) groups is 1. The third-order valence-corrected chi connectivity index (χ3v) is 5.15. The van der Waals surface area contributed by atoms with E-state index in [-0.39, 0.29) is 5.91 Å². The first-order chi connectivity index (χ1) is 12.3. The minimum absolute atomic E-state index is 0.274. The highest BCUT2D eigenvalue weighted by atomic mass is 16.5. The number of para-hydroxylation sites is 1. The molecule has 2 saturated heterocycles. The van der Waals surface area contributed by atoms with Gasteiger partial charge in [0.2, 0.25) is 5.91 Å². The van der Waals surface area contributed by atoms with Crippen molar-refractivity contribution in [1.29, 1.82) is 0 Å². The van der Waals surface area contributed by atoms with Crippen LogP contribution in [0.1, 0.15) is 25.3 Å². The van der Waals surface area contributed by atoms with Crippen molar-refractivity contribution in [3.8, 4) is 0 Å². The molecule has 3 rings (SSSR count). The minimum atomic E-state index is 0.274. The van der Waals surface area contributed by atoms with Crippen LogP contribution in [-0.2, 0) is 20.7 Å². The number of aryl methyl sites for hydroxylation is 1. The average molecular weight is 346 g/mol. The highest BCUT2D eigenvalue weighted by molar-refractivity contribution is 5.77. The first kappa shape index (κ1) is 18.2. The van der Waals surface area contributed by atoms with Crippen LogP contribution in [0.4, 0.5) is 5.69 Å². The summed E-state index contributed by atoms with van der Waals surface area (Å²) in [5.74, 6) is 0.778. The van der Waals surface area contributed by atoms with Gasteiger partial charge < -0.3 is 19.3 Å². The van der Waals surface area contributed by atoms with Crippen LogP contribution in [0.25, 0.3) is 0 Å². The van der Waals surface area contributed by atoms with E-state index in [0.29, 0.717) is 12.3 Å². The predicted octanol–water partition coefficient (Wildman–Crippen LogP) is 2.34. The molecule has 2 aliphatic rings. The van der Waals surface area contributed by atoms with Crippen molar-refractivity contribution in [2.75, 3.05) is 57.5 Å². The summed E-state index contributed by atoms with van der Waals surface area (Å²) < 4.78 is 11.0. The van der Waals surface area contributed by atoms with Crippen LogP contribution >= 0.6 is 0 Å². The molecule has 1 unspecified atom stereocenters. The van der Waals surface area contributed by atoms with E-state index in [2.05, 4.69) is 29.2 Å². The first-order valence-corrected chi connectivity index (χ1v) is 9.54. The summed E-state index contributed by atoms with van der Waals surface area (Å²) in [5.41, 5.74) is 2.53. The standard InChI is InChI=1S/C20H30N2O3/c1-2-24-16-17-9-10-22(15-17)20(23)8-7-18-5-3-4-6-19(18)21-11-13-25-14-12-21/h3-6,17H,2,7-16H2,1H3. The smallest absolute Gasteiger partial charge is 0.222 e. The Hall–Kier alpha value is -1.59. The number of carbonyl (C=O) groups excluding carboxylic acids is 1. The molecule has 2 fully saturated rings. The van der Waals surface area contributed by atoms with E-state index in [0.717, 1.165) is 65.4 Å². The van der Waals surface area contributed by atoms with Crippen molar-refractivity contribution in [3.05, 3.63) is 29.8 Å². The fourth-order valence-corrected chi connectivity index (χ4v) is 3.71. The maximum absolute atomic E-state index is 12.6. The van der Waals surface area contributed by atoms with Crippen LogP contribution in [0.5, 0.6) is 0 Å². The molecule has 1 aromatic carbocycles. The molecule has 2 heterocycles. The lowest BCUT2D eigenvalue weighted by Gasteiger charge is -2.30. The molecule has 0 spiro atoms. The van der Waals surface area contributed by atoms with E-state index >= 15 is 0 Å². The van der Waals surface area contributed by atoms with Crippen LogP contribution in [-0.4, -0.2) is 63.4 Å². The van der Waals surface area contributed by atoms with Gasteiger partial charge in [0, 0.05) is 50.8 Å². The summed E-state index contributed by atoms with van der Waals surface area (Å²) >= 11 is 0. The van der Waals surface area contributed by atoms with Gasteiger partial charge in [-0.25, -0.2) is 0 Å². The molecule has 5 nitrogen and oxygen atoms in total. The molecule has 2 aliphatic heterocycles. The fraction of sp³-hybridized carbons (Fsp3) is 0.650. The number of hydrogen-bond donors (Lipinski definition) is 0. The zero-order valence-corrected chi connectivity index (χ0v) is 15.3. The highest BCUT2D eigenvalue weighted by Gasteiger charge is 2.26. The molecule has 25 heavy (non-hydrogen) atoms. The lowest BCUT2D eigenvalue weighted by atomic mass is 10.1. The molecule has 0 saturated carbocycles. The summed E-state index contributed by atoms with van der Waals surface area (Å²) in [4.78, 5) is 17.0. The average Bonchev–Trinajstić information content (AvgIpc) is 3.14. The Morgan fingerprint density at radius 1 is 1.24 bits per heavy atom. The van der Waals surface area contributed by atoms with Crippen LogP contribution in [0, 0.1) is 5.92 Å². The van der Waals surface area contributed by atoms with Gasteiger partial charge in [-0.3, -0.25) is 4.79 Å². The molecule has 1 aromatic rings. The molecule has 138 valence electrons. The number of hydrogen-bond acceptors (Lipinski definition) is 4. The van der Waals surface area contributed by atoms with Crippen LogP contribution in [0.2, 0.25) is 0 Å². The summed E-state index contributed by atoms with van der Waals surface area (Å²) in [7, 11) is 0. The summed E-state index contributed by atoms with van der Waals surface area (Å²) in [5, 5.41) is 0. The number of anilines is 1. The van der Waals surface area contributed by atoms with Crippen molar-refractivity contribution in [3.63, 3.8) is 0 Å². The second kappa shape index (κ2) is 9.20. The Kier molecular flexibility index (Phi) is 6.70. The fourth-order valence-electron chi connectivity index (χ4n) is 3.71. The predicted molar refractivity (Wildman–Crippen MR) is 99.0 cm³/mol. The molecule has 0 aromatic heterocycles. The van der Waals surface area contributed by atoms with Crippen molar-refractivity contribution in [1.82, 2.24) is 4.90 Å². The quantitative estimate of drug-likeness (QED) is 0.760. The normalized spacial score (nSPS) is 20.9. The monoisotopic (exact) mass is 346 g/mol. The van der Waals surface area contributed by atoms with Gasteiger partial charge in [0.05, 0.1) is 19.8 Å². The lowest BCUT2D eigenvalue weighted by molar-refractivity contribution is -0.130. The molecule has 0 bridgehead atoms. The number of rotatable bonds is 7. The number of amides is 1. The van der Waals surface area contributed by atoms with Gasteiger partial charge in [0.15, 0.2) is 0 Å². The van der Waals surface area contributed by atoms with E-state index in [1.54, 1.807) is 0 Å². The molecular formula is C20H30N2O3. The van der Waals surface area contributed by atoms with Gasteiger partial charge in [0.1, 0.15) is 0 Å². The molecular weight excluding hydrogens is 316 g/mol. The third-order valence-electron chi connectivity index (χ3n) is 5.15. The number of benzene rings is 1. The Balaban J connectivity index is 1.52. The molecule has 0 N–H and O–H groups in total. The SMILES string of the molecule is CCOCC1CCN(C(=O)CCc2ccccc2N2CCOCC2)C1. The largest absolute Gasteiger partial charge is 0.381 e. The van der Waals surface area contributed by atoms with Crippen LogP contribution < -0.4 is 4.90 Å². The number of nitrogens with zero attached hydrogens (tertiary/aromatic N) is 2. The minimum Gasteiger partial charge on any atom is -0.381 e. The van der Waals surface area contributed by atoms with Gasteiger partial charge in [-0.2, -0.15) is 0 Å². The van der Waals surface area contributed by atoms with E-state index in [1.165, 1.54) is 11.3 Å². The maximum Gasteiger partial charge on any atom is 0.222 e. The van der Waals surface area contributed by atoms with Gasteiger partial charge in [-0.1, -0.05) is 18.2 Å². The Labute approximate surface area is 150 Å². The summed E-state index contributed by atoms with van der Waals surface area (Å²) in [6.45, 7) is 8.69. The van der Waals surface area contributed by atoms with Crippen molar-refractivity contribution < 1.29 is 14.3 Å². The Morgan fingerprint density at radius 2 is 2.04 bits per heavy atom. The van der Waals surface area contributed by atoms with E-state index in [9.17, 15) is 4.79 Å². The summed E-state index contributed by atoms with van der Waals surface area (Å²) in [6, 6.07) is 8.46. The second-order valence-electron chi connectivity index (χ2n) is 6.88. The molecule has 5 heteroatoms. The third kappa shape index (κ3) is 4.95. The Morgan fingerprint density at radius 3 is 2.84 bits per heavy atom. The van der Waals surface area contributed by atoms with Crippen LogP contribution in [0.15, 0.2) is 24.3 Å². The van der Waals surface area contributed by atoms with Crippen molar-refractivity contribution in [2.45, 2.75) is 26.2 Å². The highest BCUT2D eigenvalue weighted by Crippen LogP contribution is 2.24. The van der Waals surface area contributed by atoms with Gasteiger partial charge in [-0.05, 0) is 31.4 Å².